The Hall–Kier alpha value is -4.99. The first-order chi connectivity index (χ1) is 17.7. The lowest BCUT2D eigenvalue weighted by atomic mass is 10.2. The quantitative estimate of drug-likeness (QED) is 0.290. The molecule has 5 rings (SSSR count). The fraction of sp³-hybridized carbons (Fsp3) is 0.125. The highest BCUT2D eigenvalue weighted by molar-refractivity contribution is 5.81. The Kier molecular flexibility index (Phi) is 5.92. The molecule has 13 heteroatoms. The predicted octanol–water partition coefficient (Wildman–Crippen LogP) is 5.51. The van der Waals surface area contributed by atoms with Crippen molar-refractivity contribution in [2.75, 3.05) is 5.32 Å². The van der Waals surface area contributed by atoms with Gasteiger partial charge in [0.25, 0.3) is 0 Å². The summed E-state index contributed by atoms with van der Waals surface area (Å²) in [4.78, 5) is 12.8. The zero-order chi connectivity index (χ0) is 26.2. The number of H-pyrrole nitrogens is 1. The number of halogens is 4. The van der Waals surface area contributed by atoms with Crippen LogP contribution in [0.2, 0.25) is 0 Å². The Morgan fingerprint density at radius 1 is 1.08 bits per heavy atom. The SMILES string of the molecule is Cn1c(Nc2cc(C(F)(F)F)ccc2F)nc2cc(Oc3ccnc(-c4n[nH]c(CC#N)n4)c3)ccc21. The summed E-state index contributed by atoms with van der Waals surface area (Å²) in [6, 6.07) is 12.4. The molecule has 3 aromatic heterocycles. The zero-order valence-corrected chi connectivity index (χ0v) is 19.0. The van der Waals surface area contributed by atoms with Crippen LogP contribution in [0.15, 0.2) is 54.7 Å². The lowest BCUT2D eigenvalue weighted by molar-refractivity contribution is -0.137. The van der Waals surface area contributed by atoms with Gasteiger partial charge < -0.3 is 14.6 Å². The Morgan fingerprint density at radius 3 is 2.68 bits per heavy atom. The topological polar surface area (TPSA) is 117 Å². The number of hydrogen-bond donors (Lipinski definition) is 2. The molecule has 0 bridgehead atoms. The first-order valence-electron chi connectivity index (χ1n) is 10.7. The Balaban J connectivity index is 1.39. The van der Waals surface area contributed by atoms with E-state index < -0.39 is 17.6 Å². The minimum absolute atomic E-state index is 0.0878. The van der Waals surface area contributed by atoms with Gasteiger partial charge in [-0.3, -0.25) is 10.1 Å². The van der Waals surface area contributed by atoms with Crippen LogP contribution < -0.4 is 10.1 Å². The van der Waals surface area contributed by atoms with Crippen LogP contribution in [-0.2, 0) is 19.6 Å². The largest absolute Gasteiger partial charge is 0.457 e. The molecule has 0 spiro atoms. The molecule has 0 radical (unpaired) electrons. The van der Waals surface area contributed by atoms with Crippen molar-refractivity contribution in [2.45, 2.75) is 12.6 Å². The van der Waals surface area contributed by atoms with E-state index in [1.165, 1.54) is 6.20 Å². The van der Waals surface area contributed by atoms with E-state index in [4.69, 9.17) is 10.00 Å². The van der Waals surface area contributed by atoms with Crippen LogP contribution in [0.1, 0.15) is 11.4 Å². The maximum absolute atomic E-state index is 14.2. The van der Waals surface area contributed by atoms with Gasteiger partial charge in [0.15, 0.2) is 5.82 Å². The highest BCUT2D eigenvalue weighted by Crippen LogP contribution is 2.34. The molecule has 0 aliphatic carbocycles. The molecule has 0 aliphatic rings. The summed E-state index contributed by atoms with van der Waals surface area (Å²) < 4.78 is 60.9. The molecular weight excluding hydrogens is 492 g/mol. The smallest absolute Gasteiger partial charge is 0.416 e. The second-order valence-electron chi connectivity index (χ2n) is 7.88. The number of pyridine rings is 1. The number of imidazole rings is 1. The van der Waals surface area contributed by atoms with E-state index in [2.05, 4.69) is 30.5 Å². The maximum Gasteiger partial charge on any atom is 0.416 e. The van der Waals surface area contributed by atoms with Gasteiger partial charge in [-0.25, -0.2) is 14.4 Å². The third-order valence-corrected chi connectivity index (χ3v) is 5.37. The third-order valence-electron chi connectivity index (χ3n) is 5.37. The van der Waals surface area contributed by atoms with E-state index in [9.17, 15) is 17.6 Å². The van der Waals surface area contributed by atoms with Gasteiger partial charge >= 0.3 is 6.18 Å². The highest BCUT2D eigenvalue weighted by Gasteiger charge is 2.31. The maximum atomic E-state index is 14.2. The molecule has 5 aromatic rings. The van der Waals surface area contributed by atoms with E-state index in [1.54, 1.807) is 41.9 Å². The van der Waals surface area contributed by atoms with E-state index in [-0.39, 0.29) is 18.1 Å². The molecule has 0 atom stereocenters. The molecule has 186 valence electrons. The molecule has 0 aliphatic heterocycles. The van der Waals surface area contributed by atoms with Crippen molar-refractivity contribution in [3.63, 3.8) is 0 Å². The van der Waals surface area contributed by atoms with Gasteiger partial charge in [-0.2, -0.15) is 23.5 Å². The van der Waals surface area contributed by atoms with Crippen molar-refractivity contribution in [1.29, 1.82) is 5.26 Å². The monoisotopic (exact) mass is 508 g/mol. The number of fused-ring (bicyclic) bond motifs is 1. The number of hydrogen-bond acceptors (Lipinski definition) is 7. The summed E-state index contributed by atoms with van der Waals surface area (Å²) in [6.07, 6.45) is -3.00. The number of aromatic amines is 1. The molecule has 0 saturated heterocycles. The van der Waals surface area contributed by atoms with Gasteiger partial charge in [0.1, 0.15) is 28.8 Å². The van der Waals surface area contributed by atoms with Gasteiger partial charge in [0.05, 0.1) is 34.8 Å². The summed E-state index contributed by atoms with van der Waals surface area (Å²) in [5.41, 5.74) is 0.224. The second-order valence-corrected chi connectivity index (χ2v) is 7.88. The lowest BCUT2D eigenvalue weighted by Crippen LogP contribution is -2.07. The number of nitrogens with one attached hydrogen (secondary N) is 2. The van der Waals surface area contributed by atoms with Crippen LogP contribution in [0.25, 0.3) is 22.6 Å². The van der Waals surface area contributed by atoms with E-state index in [0.717, 1.165) is 6.07 Å². The lowest BCUT2D eigenvalue weighted by Gasteiger charge is -2.11. The molecule has 0 saturated carbocycles. The molecule has 0 unspecified atom stereocenters. The number of ether oxygens (including phenoxy) is 1. The van der Waals surface area contributed by atoms with E-state index >= 15 is 0 Å². The first kappa shape index (κ1) is 23.7. The molecule has 2 N–H and O–H groups in total. The Bertz CT molecular complexity index is 1650. The fourth-order valence-corrected chi connectivity index (χ4v) is 3.57. The van der Waals surface area contributed by atoms with Crippen LogP contribution in [0.3, 0.4) is 0 Å². The molecule has 9 nitrogen and oxygen atoms in total. The summed E-state index contributed by atoms with van der Waals surface area (Å²) in [7, 11) is 1.65. The van der Waals surface area contributed by atoms with Crippen LogP contribution in [0, 0.1) is 17.1 Å². The first-order valence-corrected chi connectivity index (χ1v) is 10.7. The number of rotatable bonds is 6. The summed E-state index contributed by atoms with van der Waals surface area (Å²) in [5, 5.41) is 18.2. The summed E-state index contributed by atoms with van der Waals surface area (Å²) in [5.74, 6) is 0.906. The number of nitrogens with zero attached hydrogens (tertiary/aromatic N) is 6. The Labute approximate surface area is 206 Å². The van der Waals surface area contributed by atoms with Crippen LogP contribution in [0.4, 0.5) is 29.2 Å². The van der Waals surface area contributed by atoms with Crippen LogP contribution >= 0.6 is 0 Å². The highest BCUT2D eigenvalue weighted by atomic mass is 19.4. The second kappa shape index (κ2) is 9.23. The van der Waals surface area contributed by atoms with E-state index in [1.807, 2.05) is 6.07 Å². The number of alkyl halides is 3. The molecular formula is C24H16F4N8O. The van der Waals surface area contributed by atoms with Crippen molar-refractivity contribution in [3.8, 4) is 29.1 Å². The standard InChI is InChI=1S/C24H16F4N8O/c1-36-20-5-3-14(37-15-7-9-30-19(12-15)22-33-21(6-8-29)34-35-22)11-18(20)32-23(36)31-17-10-13(24(26,27)28)2-4-16(17)25/h2-5,7,9-12H,6H2,1H3,(H,31,32)(H,33,34,35). The van der Waals surface area contributed by atoms with Crippen molar-refractivity contribution in [3.05, 3.63) is 71.9 Å². The molecule has 2 aromatic carbocycles. The molecule has 3 heterocycles. The number of nitriles is 1. The van der Waals surface area contributed by atoms with Gasteiger partial charge in [0.2, 0.25) is 5.95 Å². The van der Waals surface area contributed by atoms with Gasteiger partial charge in [-0.15, -0.1) is 0 Å². The summed E-state index contributed by atoms with van der Waals surface area (Å²) in [6.45, 7) is 0. The van der Waals surface area contributed by atoms with Crippen molar-refractivity contribution >= 4 is 22.7 Å². The zero-order valence-electron chi connectivity index (χ0n) is 19.0. The van der Waals surface area contributed by atoms with Gasteiger partial charge in [0, 0.05) is 25.4 Å². The normalized spacial score (nSPS) is 11.5. The Morgan fingerprint density at radius 2 is 1.89 bits per heavy atom. The van der Waals surface area contributed by atoms with Crippen LogP contribution in [-0.4, -0.2) is 29.7 Å². The average molecular weight is 508 g/mol. The van der Waals surface area contributed by atoms with Crippen molar-refractivity contribution in [1.82, 2.24) is 29.7 Å². The van der Waals surface area contributed by atoms with Crippen molar-refractivity contribution in [2.24, 2.45) is 7.05 Å². The van der Waals surface area contributed by atoms with Crippen molar-refractivity contribution < 1.29 is 22.3 Å². The average Bonchev–Trinajstić information content (AvgIpc) is 3.45. The molecule has 0 amide bonds. The van der Waals surface area contributed by atoms with Gasteiger partial charge in [-0.1, -0.05) is 0 Å². The van der Waals surface area contributed by atoms with E-state index in [0.29, 0.717) is 52.0 Å². The third kappa shape index (κ3) is 4.90. The number of aryl methyl sites for hydroxylation is 1. The number of benzene rings is 2. The molecule has 0 fully saturated rings. The van der Waals surface area contributed by atoms with Gasteiger partial charge in [-0.05, 0) is 36.4 Å². The summed E-state index contributed by atoms with van der Waals surface area (Å²) >= 11 is 0. The number of anilines is 2. The minimum atomic E-state index is -4.61. The molecule has 37 heavy (non-hydrogen) atoms. The predicted molar refractivity (Wildman–Crippen MR) is 124 cm³/mol. The van der Waals surface area contributed by atoms with Crippen LogP contribution in [0.5, 0.6) is 11.5 Å². The number of aromatic nitrogens is 6. The minimum Gasteiger partial charge on any atom is -0.457 e. The fourth-order valence-electron chi connectivity index (χ4n) is 3.57.